The van der Waals surface area contributed by atoms with Crippen molar-refractivity contribution in [3.05, 3.63) is 62.6 Å². The van der Waals surface area contributed by atoms with Crippen molar-refractivity contribution < 1.29 is 28.6 Å². The average Bonchev–Trinajstić information content (AvgIpc) is 2.62. The standard InChI is InChI=1S/C20H19FINO5/c1-3-27-18-10-14(9-17(20(25)26)23-12(2)24)8-16(22)19(18)28-11-13-4-6-15(21)7-5-13/h4-10H,3,11H2,1-2H3,(H,23,24)(H,25,26)/b17-9+. The lowest BCUT2D eigenvalue weighted by Gasteiger charge is -2.15. The van der Waals surface area contributed by atoms with Crippen molar-refractivity contribution in [3.8, 4) is 11.5 Å². The number of halogens is 2. The fourth-order valence-electron chi connectivity index (χ4n) is 2.32. The zero-order chi connectivity index (χ0) is 20.7. The second-order valence-electron chi connectivity index (χ2n) is 5.72. The first-order valence-corrected chi connectivity index (χ1v) is 9.44. The van der Waals surface area contributed by atoms with Crippen molar-refractivity contribution >= 4 is 40.5 Å². The molecular formula is C20H19FINO5. The number of ether oxygens (including phenoxy) is 2. The van der Waals surface area contributed by atoms with Crippen molar-refractivity contribution in [2.24, 2.45) is 0 Å². The summed E-state index contributed by atoms with van der Waals surface area (Å²) in [5.41, 5.74) is 1.08. The van der Waals surface area contributed by atoms with E-state index in [4.69, 9.17) is 9.47 Å². The molecule has 2 rings (SSSR count). The zero-order valence-electron chi connectivity index (χ0n) is 15.3. The molecular weight excluding hydrogens is 480 g/mol. The van der Waals surface area contributed by atoms with Gasteiger partial charge < -0.3 is 19.9 Å². The van der Waals surface area contributed by atoms with E-state index in [0.717, 1.165) is 5.56 Å². The molecule has 0 aliphatic carbocycles. The number of hydrogen-bond donors (Lipinski definition) is 2. The molecule has 0 radical (unpaired) electrons. The molecule has 0 aliphatic heterocycles. The lowest BCUT2D eigenvalue weighted by molar-refractivity contribution is -0.134. The monoisotopic (exact) mass is 499 g/mol. The number of benzene rings is 2. The minimum absolute atomic E-state index is 0.220. The van der Waals surface area contributed by atoms with E-state index < -0.39 is 11.9 Å². The van der Waals surface area contributed by atoms with Crippen molar-refractivity contribution in [1.29, 1.82) is 0 Å². The Morgan fingerprint density at radius 3 is 2.46 bits per heavy atom. The molecule has 0 unspecified atom stereocenters. The van der Waals surface area contributed by atoms with Crippen molar-refractivity contribution in [1.82, 2.24) is 5.32 Å². The molecule has 2 aromatic carbocycles. The highest BCUT2D eigenvalue weighted by Gasteiger charge is 2.14. The first-order valence-electron chi connectivity index (χ1n) is 8.36. The third kappa shape index (κ3) is 6.22. The molecule has 0 spiro atoms. The van der Waals surface area contributed by atoms with Crippen LogP contribution in [0.2, 0.25) is 0 Å². The van der Waals surface area contributed by atoms with Crippen LogP contribution in [0.25, 0.3) is 6.08 Å². The Hall–Kier alpha value is -2.62. The largest absolute Gasteiger partial charge is 0.490 e. The maximum absolute atomic E-state index is 13.0. The number of carboxylic acid groups (broad SMARTS) is 1. The average molecular weight is 499 g/mol. The predicted molar refractivity (Wildman–Crippen MR) is 110 cm³/mol. The smallest absolute Gasteiger partial charge is 0.352 e. The highest BCUT2D eigenvalue weighted by molar-refractivity contribution is 14.1. The fourth-order valence-corrected chi connectivity index (χ4v) is 3.10. The van der Waals surface area contributed by atoms with Gasteiger partial charge in [0.1, 0.15) is 18.1 Å². The second-order valence-corrected chi connectivity index (χ2v) is 6.88. The molecule has 0 saturated heterocycles. The van der Waals surface area contributed by atoms with Gasteiger partial charge in [0.2, 0.25) is 5.91 Å². The van der Waals surface area contributed by atoms with E-state index >= 15 is 0 Å². The highest BCUT2D eigenvalue weighted by Crippen LogP contribution is 2.35. The molecule has 8 heteroatoms. The SMILES string of the molecule is CCOc1cc(/C=C(/NC(C)=O)C(=O)O)cc(I)c1OCc1ccc(F)cc1. The molecule has 1 amide bonds. The number of amides is 1. The lowest BCUT2D eigenvalue weighted by atomic mass is 10.1. The van der Waals surface area contributed by atoms with E-state index in [0.29, 0.717) is 27.2 Å². The first kappa shape index (κ1) is 21.7. The van der Waals surface area contributed by atoms with Gasteiger partial charge in [0, 0.05) is 6.92 Å². The van der Waals surface area contributed by atoms with Gasteiger partial charge in [0.25, 0.3) is 0 Å². The van der Waals surface area contributed by atoms with Gasteiger partial charge in [-0.05, 0) is 71.0 Å². The topological polar surface area (TPSA) is 84.9 Å². The number of rotatable bonds is 8. The Kier molecular flexibility index (Phi) is 7.80. The summed E-state index contributed by atoms with van der Waals surface area (Å²) in [4.78, 5) is 22.5. The van der Waals surface area contributed by atoms with Gasteiger partial charge >= 0.3 is 5.97 Å². The normalized spacial score (nSPS) is 11.1. The lowest BCUT2D eigenvalue weighted by Crippen LogP contribution is -2.24. The van der Waals surface area contributed by atoms with Gasteiger partial charge in [-0.15, -0.1) is 0 Å². The summed E-state index contributed by atoms with van der Waals surface area (Å²) in [7, 11) is 0. The summed E-state index contributed by atoms with van der Waals surface area (Å²) >= 11 is 2.06. The minimum Gasteiger partial charge on any atom is -0.490 e. The molecule has 0 heterocycles. The first-order chi connectivity index (χ1) is 13.3. The summed E-state index contributed by atoms with van der Waals surface area (Å²) in [5, 5.41) is 11.5. The molecule has 0 atom stereocenters. The Balaban J connectivity index is 2.33. The summed E-state index contributed by atoms with van der Waals surface area (Å²) in [6.07, 6.45) is 1.35. The Labute approximate surface area is 175 Å². The van der Waals surface area contributed by atoms with Gasteiger partial charge in [-0.2, -0.15) is 0 Å². The Morgan fingerprint density at radius 1 is 1.21 bits per heavy atom. The van der Waals surface area contributed by atoms with E-state index in [1.165, 1.54) is 25.1 Å². The number of carbonyl (C=O) groups excluding carboxylic acids is 1. The number of hydrogen-bond acceptors (Lipinski definition) is 4. The van der Waals surface area contributed by atoms with Crippen molar-refractivity contribution in [2.45, 2.75) is 20.5 Å². The fraction of sp³-hybridized carbons (Fsp3) is 0.200. The van der Waals surface area contributed by atoms with Crippen LogP contribution in [-0.2, 0) is 16.2 Å². The molecule has 0 bridgehead atoms. The molecule has 28 heavy (non-hydrogen) atoms. The molecule has 6 nitrogen and oxygen atoms in total. The number of nitrogens with one attached hydrogen (secondary N) is 1. The number of carbonyl (C=O) groups is 2. The predicted octanol–water partition coefficient (Wildman–Crippen LogP) is 3.97. The van der Waals surface area contributed by atoms with E-state index in [1.807, 2.05) is 6.92 Å². The highest BCUT2D eigenvalue weighted by atomic mass is 127. The Bertz CT molecular complexity index is 896. The van der Waals surface area contributed by atoms with Crippen LogP contribution in [-0.4, -0.2) is 23.6 Å². The van der Waals surface area contributed by atoms with Crippen molar-refractivity contribution in [3.63, 3.8) is 0 Å². The third-order valence-electron chi connectivity index (χ3n) is 3.48. The molecule has 0 saturated carbocycles. The van der Waals surface area contributed by atoms with Crippen molar-refractivity contribution in [2.75, 3.05) is 6.61 Å². The van der Waals surface area contributed by atoms with Crippen LogP contribution in [0, 0.1) is 9.39 Å². The third-order valence-corrected chi connectivity index (χ3v) is 4.28. The van der Waals surface area contributed by atoms with Gasteiger partial charge in [0.15, 0.2) is 11.5 Å². The van der Waals surface area contributed by atoms with Crippen LogP contribution in [0.3, 0.4) is 0 Å². The van der Waals surface area contributed by atoms with Crippen LogP contribution in [0.5, 0.6) is 11.5 Å². The number of carboxylic acids is 1. The molecule has 0 aliphatic rings. The molecule has 2 N–H and O–H groups in total. The van der Waals surface area contributed by atoms with Gasteiger partial charge in [-0.1, -0.05) is 12.1 Å². The molecule has 0 fully saturated rings. The summed E-state index contributed by atoms with van der Waals surface area (Å²) in [5.74, 6) is -1.11. The van der Waals surface area contributed by atoms with Gasteiger partial charge in [0.05, 0.1) is 10.2 Å². The summed E-state index contributed by atoms with van der Waals surface area (Å²) < 4.78 is 25.2. The molecule has 148 valence electrons. The van der Waals surface area contributed by atoms with E-state index in [9.17, 15) is 19.1 Å². The zero-order valence-corrected chi connectivity index (χ0v) is 17.4. The van der Waals surface area contributed by atoms with Crippen LogP contribution in [0.15, 0.2) is 42.1 Å². The summed E-state index contributed by atoms with van der Waals surface area (Å²) in [6, 6.07) is 9.33. The van der Waals surface area contributed by atoms with E-state index in [-0.39, 0.29) is 18.1 Å². The second kappa shape index (κ2) is 10.1. The van der Waals surface area contributed by atoms with Crippen LogP contribution >= 0.6 is 22.6 Å². The van der Waals surface area contributed by atoms with Gasteiger partial charge in [-0.3, -0.25) is 4.79 Å². The number of aliphatic carboxylic acids is 1. The van der Waals surface area contributed by atoms with Crippen LogP contribution < -0.4 is 14.8 Å². The maximum atomic E-state index is 13.0. The van der Waals surface area contributed by atoms with Gasteiger partial charge in [-0.25, -0.2) is 9.18 Å². The van der Waals surface area contributed by atoms with Crippen LogP contribution in [0.4, 0.5) is 4.39 Å². The minimum atomic E-state index is -1.25. The summed E-state index contributed by atoms with van der Waals surface area (Å²) in [6.45, 7) is 3.66. The Morgan fingerprint density at radius 2 is 1.89 bits per heavy atom. The van der Waals surface area contributed by atoms with E-state index in [2.05, 4.69) is 27.9 Å². The van der Waals surface area contributed by atoms with Crippen LogP contribution in [0.1, 0.15) is 25.0 Å². The molecule has 2 aromatic rings. The quantitative estimate of drug-likeness (QED) is 0.424. The maximum Gasteiger partial charge on any atom is 0.352 e. The molecule has 0 aromatic heterocycles. The van der Waals surface area contributed by atoms with E-state index in [1.54, 1.807) is 24.3 Å².